The van der Waals surface area contributed by atoms with Crippen molar-refractivity contribution in [3.63, 3.8) is 0 Å². The van der Waals surface area contributed by atoms with Gasteiger partial charge >= 0.3 is 0 Å². The topological polar surface area (TPSA) is 84.7 Å². The normalized spacial score (nSPS) is 11.0. The lowest BCUT2D eigenvalue weighted by atomic mass is 10.1. The summed E-state index contributed by atoms with van der Waals surface area (Å²) in [5, 5.41) is 3.43. The predicted octanol–water partition coefficient (Wildman–Crippen LogP) is 3.25. The van der Waals surface area contributed by atoms with Gasteiger partial charge in [0.2, 0.25) is 0 Å². The van der Waals surface area contributed by atoms with Crippen molar-refractivity contribution in [1.82, 2.24) is 24.4 Å². The Morgan fingerprint density at radius 3 is 2.63 bits per heavy atom. The van der Waals surface area contributed by atoms with E-state index in [1.54, 1.807) is 30.7 Å². The quantitative estimate of drug-likeness (QED) is 0.470. The third-order valence-corrected chi connectivity index (χ3v) is 5.28. The monoisotopic (exact) mass is 419 g/mol. The average molecular weight is 420 g/mol. The first-order valence-corrected chi connectivity index (χ1v) is 10.0. The second kappa shape index (κ2) is 8.46. The summed E-state index contributed by atoms with van der Waals surface area (Å²) >= 11 is 5.24. The number of amides is 1. The molecule has 152 valence electrons. The Morgan fingerprint density at radius 2 is 1.93 bits per heavy atom. The first kappa shape index (κ1) is 19.8. The molecule has 0 radical (unpaired) electrons. The molecule has 0 saturated carbocycles. The van der Waals surface area contributed by atoms with E-state index in [9.17, 15) is 9.59 Å². The van der Waals surface area contributed by atoms with Crippen LogP contribution in [0.5, 0.6) is 0 Å². The zero-order chi connectivity index (χ0) is 21.1. The third-order valence-electron chi connectivity index (χ3n) is 4.96. The fraction of sp³-hybridized carbons (Fsp3) is 0.182. The fourth-order valence-electron chi connectivity index (χ4n) is 3.32. The molecular weight excluding hydrogens is 398 g/mol. The number of carbonyl (C=O) groups excluding carboxylic acids is 1. The molecule has 2 aromatic carbocycles. The molecule has 0 spiro atoms. The highest BCUT2D eigenvalue weighted by Crippen LogP contribution is 2.12. The van der Waals surface area contributed by atoms with Gasteiger partial charge in [0.15, 0.2) is 4.77 Å². The highest BCUT2D eigenvalue weighted by Gasteiger charge is 2.10. The van der Waals surface area contributed by atoms with Gasteiger partial charge in [0.05, 0.1) is 17.2 Å². The lowest BCUT2D eigenvalue weighted by Crippen LogP contribution is -2.24. The molecule has 4 aromatic rings. The molecule has 2 N–H and O–H groups in total. The summed E-state index contributed by atoms with van der Waals surface area (Å²) in [6, 6.07) is 13.1. The fourth-order valence-corrected chi connectivity index (χ4v) is 3.64. The molecule has 0 saturated heterocycles. The van der Waals surface area contributed by atoms with Crippen LogP contribution < -0.4 is 10.9 Å². The minimum atomic E-state index is -0.210. The molecule has 7 nitrogen and oxygen atoms in total. The van der Waals surface area contributed by atoms with Gasteiger partial charge in [0, 0.05) is 37.6 Å². The second-order valence-corrected chi connectivity index (χ2v) is 7.36. The predicted molar refractivity (Wildman–Crippen MR) is 118 cm³/mol. The molecule has 0 atom stereocenters. The zero-order valence-corrected chi connectivity index (χ0v) is 17.3. The van der Waals surface area contributed by atoms with Gasteiger partial charge in [-0.25, -0.2) is 4.98 Å². The molecule has 0 bridgehead atoms. The number of benzene rings is 2. The van der Waals surface area contributed by atoms with Gasteiger partial charge < -0.3 is 14.9 Å². The number of aromatic nitrogens is 4. The second-order valence-electron chi connectivity index (χ2n) is 6.97. The van der Waals surface area contributed by atoms with Crippen molar-refractivity contribution in [2.24, 2.45) is 0 Å². The van der Waals surface area contributed by atoms with Crippen molar-refractivity contribution in [1.29, 1.82) is 0 Å². The van der Waals surface area contributed by atoms with Crippen molar-refractivity contribution in [2.75, 3.05) is 0 Å². The van der Waals surface area contributed by atoms with Gasteiger partial charge in [-0.05, 0) is 48.5 Å². The summed E-state index contributed by atoms with van der Waals surface area (Å²) < 4.78 is 3.84. The molecule has 2 heterocycles. The SMILES string of the molecule is CCn1c(=S)[nH]c2cc(C(=O)NCc3ccc(Cn4ccnc4)cc3)ccc2c1=O. The average Bonchev–Trinajstić information content (AvgIpc) is 3.26. The molecule has 1 amide bonds. The molecule has 0 aliphatic heterocycles. The van der Waals surface area contributed by atoms with Crippen molar-refractivity contribution in [3.8, 4) is 0 Å². The minimum Gasteiger partial charge on any atom is -0.348 e. The van der Waals surface area contributed by atoms with Crippen molar-refractivity contribution in [3.05, 3.63) is 93.0 Å². The van der Waals surface area contributed by atoms with Crippen molar-refractivity contribution < 1.29 is 4.79 Å². The smallest absolute Gasteiger partial charge is 0.262 e. The van der Waals surface area contributed by atoms with E-state index in [1.807, 2.05) is 42.0 Å². The first-order chi connectivity index (χ1) is 14.5. The van der Waals surface area contributed by atoms with E-state index in [0.29, 0.717) is 34.3 Å². The van der Waals surface area contributed by atoms with Gasteiger partial charge in [-0.15, -0.1) is 0 Å². The summed E-state index contributed by atoms with van der Waals surface area (Å²) in [6.45, 7) is 3.52. The minimum absolute atomic E-state index is 0.154. The molecule has 4 rings (SSSR count). The maximum absolute atomic E-state index is 12.6. The number of nitrogens with zero attached hydrogens (tertiary/aromatic N) is 3. The number of aromatic amines is 1. The molecule has 0 fully saturated rings. The van der Waals surface area contributed by atoms with E-state index in [-0.39, 0.29) is 11.5 Å². The Labute approximate surface area is 178 Å². The molecule has 0 aliphatic rings. The van der Waals surface area contributed by atoms with Gasteiger partial charge in [0.25, 0.3) is 11.5 Å². The lowest BCUT2D eigenvalue weighted by Gasteiger charge is -2.09. The van der Waals surface area contributed by atoms with E-state index in [0.717, 1.165) is 17.7 Å². The number of rotatable bonds is 6. The van der Waals surface area contributed by atoms with Crippen molar-refractivity contribution in [2.45, 2.75) is 26.6 Å². The van der Waals surface area contributed by atoms with Crippen LogP contribution in [0, 0.1) is 4.77 Å². The van der Waals surface area contributed by atoms with Gasteiger partial charge in [-0.3, -0.25) is 14.2 Å². The number of nitrogens with one attached hydrogen (secondary N) is 2. The zero-order valence-electron chi connectivity index (χ0n) is 16.5. The van der Waals surface area contributed by atoms with E-state index in [1.165, 1.54) is 4.57 Å². The number of imidazole rings is 1. The first-order valence-electron chi connectivity index (χ1n) is 9.64. The largest absolute Gasteiger partial charge is 0.348 e. The van der Waals surface area contributed by atoms with Gasteiger partial charge in [-0.2, -0.15) is 0 Å². The molecule has 8 heteroatoms. The summed E-state index contributed by atoms with van der Waals surface area (Å²) in [4.78, 5) is 32.1. The summed E-state index contributed by atoms with van der Waals surface area (Å²) in [7, 11) is 0. The summed E-state index contributed by atoms with van der Waals surface area (Å²) in [5.74, 6) is -0.210. The molecule has 0 aliphatic carbocycles. The van der Waals surface area contributed by atoms with Crippen LogP contribution in [-0.2, 0) is 19.6 Å². The van der Waals surface area contributed by atoms with Crippen LogP contribution in [0.3, 0.4) is 0 Å². The Hall–Kier alpha value is -3.52. The third kappa shape index (κ3) is 4.08. The maximum atomic E-state index is 12.6. The Balaban J connectivity index is 1.45. The number of hydrogen-bond donors (Lipinski definition) is 2. The van der Waals surface area contributed by atoms with Crippen molar-refractivity contribution >= 4 is 29.0 Å². The van der Waals surface area contributed by atoms with E-state index < -0.39 is 0 Å². The number of fused-ring (bicyclic) bond motifs is 1. The molecule has 0 unspecified atom stereocenters. The number of H-pyrrole nitrogens is 1. The standard InChI is InChI=1S/C22H21N5O2S/c1-2-27-21(29)18-8-7-17(11-19(18)25-22(27)30)20(28)24-12-15-3-5-16(6-4-15)13-26-10-9-23-14-26/h3-11,14H,2,12-13H2,1H3,(H,24,28)(H,25,30). The molecule has 2 aromatic heterocycles. The van der Waals surface area contributed by atoms with Gasteiger partial charge in [-0.1, -0.05) is 24.3 Å². The lowest BCUT2D eigenvalue weighted by molar-refractivity contribution is 0.0951. The van der Waals surface area contributed by atoms with Crippen LogP contribution in [-0.4, -0.2) is 25.0 Å². The van der Waals surface area contributed by atoms with Crippen LogP contribution in [0.25, 0.3) is 10.9 Å². The Kier molecular flexibility index (Phi) is 5.58. The highest BCUT2D eigenvalue weighted by molar-refractivity contribution is 7.71. The van der Waals surface area contributed by atoms with Crippen LogP contribution in [0.4, 0.5) is 0 Å². The van der Waals surface area contributed by atoms with Crippen LogP contribution in [0.15, 0.2) is 66.0 Å². The highest BCUT2D eigenvalue weighted by atomic mass is 32.1. The summed E-state index contributed by atoms with van der Waals surface area (Å²) in [6.07, 6.45) is 5.45. The summed E-state index contributed by atoms with van der Waals surface area (Å²) in [5.41, 5.74) is 3.04. The Bertz CT molecular complexity index is 1300. The van der Waals surface area contributed by atoms with Gasteiger partial charge in [0.1, 0.15) is 0 Å². The molecular formula is C22H21N5O2S. The van der Waals surface area contributed by atoms with E-state index in [2.05, 4.69) is 15.3 Å². The number of hydrogen-bond acceptors (Lipinski definition) is 4. The van der Waals surface area contributed by atoms with Crippen LogP contribution >= 0.6 is 12.2 Å². The Morgan fingerprint density at radius 1 is 1.17 bits per heavy atom. The van der Waals surface area contributed by atoms with Crippen LogP contribution in [0.1, 0.15) is 28.4 Å². The maximum Gasteiger partial charge on any atom is 0.262 e. The molecule has 30 heavy (non-hydrogen) atoms. The van der Waals surface area contributed by atoms with E-state index in [4.69, 9.17) is 12.2 Å². The van der Waals surface area contributed by atoms with Crippen LogP contribution in [0.2, 0.25) is 0 Å². The van der Waals surface area contributed by atoms with E-state index >= 15 is 0 Å². The number of carbonyl (C=O) groups is 1.